The first-order valence-electron chi connectivity index (χ1n) is 7.13. The number of fused-ring (bicyclic) bond motifs is 1. The second kappa shape index (κ2) is 4.72. The number of hydrogen-bond acceptors (Lipinski definition) is 4. The molecule has 5 heteroatoms. The van der Waals surface area contributed by atoms with Gasteiger partial charge in [0, 0.05) is 17.0 Å². The summed E-state index contributed by atoms with van der Waals surface area (Å²) in [6.45, 7) is 8.19. The lowest BCUT2D eigenvalue weighted by Gasteiger charge is -2.32. The van der Waals surface area contributed by atoms with Crippen LogP contribution in [0.1, 0.15) is 27.7 Å². The molecule has 0 saturated carbocycles. The van der Waals surface area contributed by atoms with Crippen LogP contribution in [0.3, 0.4) is 0 Å². The third kappa shape index (κ3) is 2.21. The molecule has 3 rings (SSSR count). The summed E-state index contributed by atoms with van der Waals surface area (Å²) < 4.78 is 17.6. The highest BCUT2D eigenvalue weighted by molar-refractivity contribution is 6.65. The smallest absolute Gasteiger partial charge is 0.481 e. The van der Waals surface area contributed by atoms with Gasteiger partial charge in [0.2, 0.25) is 5.88 Å². The average Bonchev–Trinajstić information content (AvgIpc) is 2.66. The molecule has 110 valence electrons. The van der Waals surface area contributed by atoms with E-state index in [4.69, 9.17) is 14.0 Å². The van der Waals surface area contributed by atoms with Crippen LogP contribution in [0.15, 0.2) is 30.5 Å². The standard InChI is InChI=1S/C16H20BNO3/c1-15(2)16(3,4)21-17(20-15)13-10-18-14(19-5)12-9-7-6-8-11(12)13/h6-10H,1-5H3. The number of benzene rings is 1. The lowest BCUT2D eigenvalue weighted by atomic mass is 9.77. The van der Waals surface area contributed by atoms with Crippen molar-refractivity contribution in [2.75, 3.05) is 7.11 Å². The van der Waals surface area contributed by atoms with Crippen molar-refractivity contribution >= 4 is 23.4 Å². The van der Waals surface area contributed by atoms with E-state index in [1.54, 1.807) is 13.3 Å². The molecule has 1 aliphatic rings. The van der Waals surface area contributed by atoms with E-state index in [0.29, 0.717) is 5.88 Å². The van der Waals surface area contributed by atoms with E-state index in [1.807, 2.05) is 52.0 Å². The molecule has 0 unspecified atom stereocenters. The molecule has 1 aliphatic heterocycles. The fourth-order valence-corrected chi connectivity index (χ4v) is 2.51. The molecule has 2 heterocycles. The monoisotopic (exact) mass is 285 g/mol. The Morgan fingerprint density at radius 2 is 1.57 bits per heavy atom. The van der Waals surface area contributed by atoms with E-state index in [1.165, 1.54) is 0 Å². The van der Waals surface area contributed by atoms with Crippen LogP contribution < -0.4 is 10.2 Å². The summed E-state index contributed by atoms with van der Waals surface area (Å²) in [4.78, 5) is 4.38. The maximum Gasteiger partial charge on any atom is 0.497 e. The van der Waals surface area contributed by atoms with Gasteiger partial charge in [0.05, 0.1) is 18.3 Å². The summed E-state index contributed by atoms with van der Waals surface area (Å²) in [5, 5.41) is 2.01. The number of nitrogens with zero attached hydrogens (tertiary/aromatic N) is 1. The summed E-state index contributed by atoms with van der Waals surface area (Å²) in [5.74, 6) is 0.617. The van der Waals surface area contributed by atoms with Crippen molar-refractivity contribution in [2.45, 2.75) is 38.9 Å². The third-order valence-corrected chi connectivity index (χ3v) is 4.49. The van der Waals surface area contributed by atoms with Crippen LogP contribution in [0.2, 0.25) is 0 Å². The molecule has 0 N–H and O–H groups in total. The van der Waals surface area contributed by atoms with E-state index < -0.39 is 7.12 Å². The van der Waals surface area contributed by atoms with Crippen LogP contribution in [-0.2, 0) is 9.31 Å². The Labute approximate surface area is 125 Å². The molecule has 1 saturated heterocycles. The summed E-state index contributed by atoms with van der Waals surface area (Å²) >= 11 is 0. The van der Waals surface area contributed by atoms with Crippen molar-refractivity contribution in [3.05, 3.63) is 30.5 Å². The first kappa shape index (κ1) is 14.4. The molecule has 2 aromatic rings. The zero-order valence-electron chi connectivity index (χ0n) is 13.1. The van der Waals surface area contributed by atoms with Crippen molar-refractivity contribution in [1.29, 1.82) is 0 Å². The summed E-state index contributed by atoms with van der Waals surface area (Å²) in [6.07, 6.45) is 1.78. The number of methoxy groups -OCH3 is 1. The second-order valence-electron chi connectivity index (χ2n) is 6.36. The zero-order chi connectivity index (χ0) is 15.3. The van der Waals surface area contributed by atoms with Crippen LogP contribution in [0, 0.1) is 0 Å². The van der Waals surface area contributed by atoms with Crippen molar-refractivity contribution < 1.29 is 14.0 Å². The van der Waals surface area contributed by atoms with Crippen molar-refractivity contribution in [1.82, 2.24) is 4.98 Å². The molecule has 1 aromatic heterocycles. The fraction of sp³-hybridized carbons (Fsp3) is 0.438. The third-order valence-electron chi connectivity index (χ3n) is 4.49. The Kier molecular flexibility index (Phi) is 3.22. The Morgan fingerprint density at radius 3 is 2.14 bits per heavy atom. The Bertz CT molecular complexity index is 668. The Morgan fingerprint density at radius 1 is 1.00 bits per heavy atom. The number of hydrogen-bond donors (Lipinski definition) is 0. The van der Waals surface area contributed by atoms with E-state index in [2.05, 4.69) is 4.98 Å². The summed E-state index contributed by atoms with van der Waals surface area (Å²) in [5.41, 5.74) is 0.210. The van der Waals surface area contributed by atoms with Crippen LogP contribution in [0.5, 0.6) is 5.88 Å². The second-order valence-corrected chi connectivity index (χ2v) is 6.36. The predicted octanol–water partition coefficient (Wildman–Crippen LogP) is 2.54. The van der Waals surface area contributed by atoms with Gasteiger partial charge in [-0.15, -0.1) is 0 Å². The number of rotatable bonds is 2. The highest BCUT2D eigenvalue weighted by Gasteiger charge is 2.52. The van der Waals surface area contributed by atoms with E-state index >= 15 is 0 Å². The molecule has 1 fully saturated rings. The van der Waals surface area contributed by atoms with Gasteiger partial charge in [-0.1, -0.05) is 18.2 Å². The number of pyridine rings is 1. The molecule has 0 spiro atoms. The lowest BCUT2D eigenvalue weighted by Crippen LogP contribution is -2.41. The first-order chi connectivity index (χ1) is 9.86. The van der Waals surface area contributed by atoms with Gasteiger partial charge in [-0.05, 0) is 39.1 Å². The van der Waals surface area contributed by atoms with Gasteiger partial charge < -0.3 is 14.0 Å². The maximum atomic E-state index is 6.13. The topological polar surface area (TPSA) is 40.6 Å². The average molecular weight is 285 g/mol. The fourth-order valence-electron chi connectivity index (χ4n) is 2.51. The van der Waals surface area contributed by atoms with Gasteiger partial charge in [0.1, 0.15) is 0 Å². The molecule has 0 amide bonds. The van der Waals surface area contributed by atoms with Gasteiger partial charge in [0.15, 0.2) is 0 Å². The number of ether oxygens (including phenoxy) is 1. The van der Waals surface area contributed by atoms with E-state index in [9.17, 15) is 0 Å². The van der Waals surface area contributed by atoms with Crippen LogP contribution in [0.4, 0.5) is 0 Å². The summed E-state index contributed by atoms with van der Waals surface area (Å²) in [6, 6.07) is 8.01. The Hall–Kier alpha value is -1.59. The lowest BCUT2D eigenvalue weighted by molar-refractivity contribution is 0.00578. The van der Waals surface area contributed by atoms with Crippen molar-refractivity contribution in [3.8, 4) is 5.88 Å². The molecular weight excluding hydrogens is 265 g/mol. The molecule has 0 aliphatic carbocycles. The molecule has 21 heavy (non-hydrogen) atoms. The first-order valence-corrected chi connectivity index (χ1v) is 7.13. The normalized spacial score (nSPS) is 20.0. The SMILES string of the molecule is COc1ncc(B2OC(C)(C)C(C)(C)O2)c2ccccc12. The van der Waals surface area contributed by atoms with Gasteiger partial charge in [-0.25, -0.2) is 4.98 Å². The minimum atomic E-state index is -0.418. The highest BCUT2D eigenvalue weighted by Crippen LogP contribution is 2.37. The minimum absolute atomic E-state index is 0.362. The van der Waals surface area contributed by atoms with Gasteiger partial charge in [-0.2, -0.15) is 0 Å². The quantitative estimate of drug-likeness (QED) is 0.795. The summed E-state index contributed by atoms with van der Waals surface area (Å²) in [7, 11) is 1.21. The molecule has 1 aromatic carbocycles. The van der Waals surface area contributed by atoms with Crippen molar-refractivity contribution in [3.63, 3.8) is 0 Å². The molecule has 0 radical (unpaired) electrons. The maximum absolute atomic E-state index is 6.13. The van der Waals surface area contributed by atoms with Crippen LogP contribution in [-0.4, -0.2) is 30.4 Å². The van der Waals surface area contributed by atoms with Gasteiger partial charge in [0.25, 0.3) is 0 Å². The highest BCUT2D eigenvalue weighted by atomic mass is 16.7. The minimum Gasteiger partial charge on any atom is -0.481 e. The van der Waals surface area contributed by atoms with Gasteiger partial charge in [-0.3, -0.25) is 0 Å². The van der Waals surface area contributed by atoms with Crippen LogP contribution in [0.25, 0.3) is 10.8 Å². The molecular formula is C16H20BNO3. The molecule has 0 atom stereocenters. The van der Waals surface area contributed by atoms with Gasteiger partial charge >= 0.3 is 7.12 Å². The van der Waals surface area contributed by atoms with E-state index in [0.717, 1.165) is 16.2 Å². The number of aromatic nitrogens is 1. The Balaban J connectivity index is 2.11. The van der Waals surface area contributed by atoms with Crippen LogP contribution >= 0.6 is 0 Å². The largest absolute Gasteiger partial charge is 0.497 e. The van der Waals surface area contributed by atoms with Crippen molar-refractivity contribution in [2.24, 2.45) is 0 Å². The zero-order valence-corrected chi connectivity index (χ0v) is 13.1. The predicted molar refractivity (Wildman–Crippen MR) is 84.0 cm³/mol. The molecule has 4 nitrogen and oxygen atoms in total. The van der Waals surface area contributed by atoms with E-state index in [-0.39, 0.29) is 11.2 Å². The molecule has 0 bridgehead atoms.